The summed E-state index contributed by atoms with van der Waals surface area (Å²) in [7, 11) is -2.03. The van der Waals surface area contributed by atoms with Crippen molar-refractivity contribution in [3.8, 4) is 5.75 Å². The van der Waals surface area contributed by atoms with Crippen molar-refractivity contribution in [3.05, 3.63) is 42.2 Å². The molecule has 0 unspecified atom stereocenters. The Morgan fingerprint density at radius 3 is 2.76 bits per heavy atom. The van der Waals surface area contributed by atoms with Crippen LogP contribution in [0.5, 0.6) is 5.75 Å². The first-order chi connectivity index (χ1) is 12.0. The lowest BCUT2D eigenvalue weighted by Gasteiger charge is -2.24. The summed E-state index contributed by atoms with van der Waals surface area (Å²) in [6.45, 7) is 0.979. The third-order valence-electron chi connectivity index (χ3n) is 3.84. The van der Waals surface area contributed by atoms with Gasteiger partial charge in [-0.1, -0.05) is 6.07 Å². The molecule has 25 heavy (non-hydrogen) atoms. The van der Waals surface area contributed by atoms with Gasteiger partial charge in [-0.2, -0.15) is 16.1 Å². The maximum atomic E-state index is 12.6. The number of methoxy groups -OCH3 is 1. The molecule has 1 aliphatic heterocycles. The van der Waals surface area contributed by atoms with E-state index in [1.165, 1.54) is 16.6 Å². The number of nitrogens with one attached hydrogen (secondary N) is 2. The number of H-pyrrole nitrogens is 1. The molecule has 1 aromatic heterocycles. The number of carbonyl (C=O) groups excluding carboxylic acids is 1. The van der Waals surface area contributed by atoms with Crippen molar-refractivity contribution in [3.63, 3.8) is 0 Å². The fourth-order valence-electron chi connectivity index (χ4n) is 2.49. The van der Waals surface area contributed by atoms with Crippen LogP contribution in [0.25, 0.3) is 0 Å². The number of sulfonamides is 1. The van der Waals surface area contributed by atoms with E-state index in [9.17, 15) is 13.2 Å². The first kappa shape index (κ1) is 17.8. The maximum Gasteiger partial charge on any atom is 0.272 e. The molecule has 0 radical (unpaired) electrons. The Morgan fingerprint density at radius 1 is 1.28 bits per heavy atom. The Bertz CT molecular complexity index is 858. The minimum absolute atomic E-state index is 0.107. The van der Waals surface area contributed by atoms with Crippen LogP contribution in [0.3, 0.4) is 0 Å². The molecule has 1 aliphatic rings. The highest BCUT2D eigenvalue weighted by molar-refractivity contribution is 7.99. The number of aromatic amines is 1. The lowest BCUT2D eigenvalue weighted by atomic mass is 10.3. The van der Waals surface area contributed by atoms with E-state index in [2.05, 4.69) is 10.3 Å². The highest BCUT2D eigenvalue weighted by Crippen LogP contribution is 2.22. The van der Waals surface area contributed by atoms with Crippen molar-refractivity contribution in [1.82, 2.24) is 9.29 Å². The zero-order valence-corrected chi connectivity index (χ0v) is 15.3. The minimum Gasteiger partial charge on any atom is -0.497 e. The SMILES string of the molecule is COc1cccc(NC(=O)c2cc(S(=O)(=O)N3CCSCC3)c[nH]2)c1. The third-order valence-corrected chi connectivity index (χ3v) is 6.66. The molecule has 1 fully saturated rings. The number of thioether (sulfide) groups is 1. The van der Waals surface area contributed by atoms with Crippen LogP contribution in [0, 0.1) is 0 Å². The molecule has 0 saturated carbocycles. The molecular formula is C16H19N3O4S2. The number of aromatic nitrogens is 1. The van der Waals surface area contributed by atoms with Gasteiger partial charge in [-0.25, -0.2) is 8.42 Å². The second-order valence-electron chi connectivity index (χ2n) is 5.45. The van der Waals surface area contributed by atoms with Crippen LogP contribution < -0.4 is 10.1 Å². The van der Waals surface area contributed by atoms with Gasteiger partial charge < -0.3 is 15.0 Å². The zero-order chi connectivity index (χ0) is 17.9. The van der Waals surface area contributed by atoms with Crippen molar-refractivity contribution in [2.24, 2.45) is 0 Å². The highest BCUT2D eigenvalue weighted by atomic mass is 32.2. The summed E-state index contributed by atoms with van der Waals surface area (Å²) in [4.78, 5) is 15.2. The molecule has 2 aromatic rings. The highest BCUT2D eigenvalue weighted by Gasteiger charge is 2.27. The number of nitrogens with zero attached hydrogens (tertiary/aromatic N) is 1. The summed E-state index contributed by atoms with van der Waals surface area (Å²) in [5.74, 6) is 1.78. The average Bonchev–Trinajstić information content (AvgIpc) is 3.14. The Morgan fingerprint density at radius 2 is 2.04 bits per heavy atom. The Hall–Kier alpha value is -1.97. The monoisotopic (exact) mass is 381 g/mol. The number of carbonyl (C=O) groups is 1. The van der Waals surface area contributed by atoms with Crippen molar-refractivity contribution in [2.75, 3.05) is 37.0 Å². The van der Waals surface area contributed by atoms with Crippen LogP contribution in [0.4, 0.5) is 5.69 Å². The first-order valence-electron chi connectivity index (χ1n) is 7.72. The number of hydrogen-bond donors (Lipinski definition) is 2. The van der Waals surface area contributed by atoms with Crippen LogP contribution in [0.2, 0.25) is 0 Å². The number of anilines is 1. The molecule has 0 aliphatic carbocycles. The van der Waals surface area contributed by atoms with Crippen LogP contribution in [0.15, 0.2) is 41.4 Å². The molecule has 9 heteroatoms. The van der Waals surface area contributed by atoms with Gasteiger partial charge in [-0.05, 0) is 18.2 Å². The predicted molar refractivity (Wildman–Crippen MR) is 97.8 cm³/mol. The number of benzene rings is 1. The molecule has 2 N–H and O–H groups in total. The third kappa shape index (κ3) is 4.00. The summed E-state index contributed by atoms with van der Waals surface area (Å²) in [5, 5.41) is 2.72. The molecular weight excluding hydrogens is 362 g/mol. The van der Waals surface area contributed by atoms with Crippen molar-refractivity contribution in [1.29, 1.82) is 0 Å². The van der Waals surface area contributed by atoms with E-state index in [1.54, 1.807) is 43.1 Å². The van der Waals surface area contributed by atoms with Crippen LogP contribution in [0.1, 0.15) is 10.5 Å². The van der Waals surface area contributed by atoms with Gasteiger partial charge in [0.2, 0.25) is 10.0 Å². The van der Waals surface area contributed by atoms with Gasteiger partial charge in [-0.15, -0.1) is 0 Å². The molecule has 0 spiro atoms. The zero-order valence-electron chi connectivity index (χ0n) is 13.7. The lowest BCUT2D eigenvalue weighted by Crippen LogP contribution is -2.37. The molecule has 1 saturated heterocycles. The normalized spacial score (nSPS) is 15.7. The van der Waals surface area contributed by atoms with E-state index < -0.39 is 15.9 Å². The van der Waals surface area contributed by atoms with E-state index >= 15 is 0 Å². The largest absolute Gasteiger partial charge is 0.497 e. The summed E-state index contributed by atoms with van der Waals surface area (Å²) in [5.41, 5.74) is 0.754. The van der Waals surface area contributed by atoms with Gasteiger partial charge in [0, 0.05) is 42.5 Å². The molecule has 134 valence electrons. The van der Waals surface area contributed by atoms with Crippen molar-refractivity contribution >= 4 is 33.4 Å². The van der Waals surface area contributed by atoms with E-state index in [1.807, 2.05) is 0 Å². The standard InChI is InChI=1S/C16H19N3O4S2/c1-23-13-4-2-3-12(9-13)18-16(20)15-10-14(11-17-15)25(21,22)19-5-7-24-8-6-19/h2-4,9-11,17H,5-8H2,1H3,(H,18,20). The molecule has 7 nitrogen and oxygen atoms in total. The molecule has 1 amide bonds. The van der Waals surface area contributed by atoms with Gasteiger partial charge in [0.05, 0.1) is 7.11 Å². The first-order valence-corrected chi connectivity index (χ1v) is 10.3. The lowest BCUT2D eigenvalue weighted by molar-refractivity contribution is 0.102. The van der Waals surface area contributed by atoms with Crippen molar-refractivity contribution < 1.29 is 17.9 Å². The maximum absolute atomic E-state index is 12.6. The van der Waals surface area contributed by atoms with Gasteiger partial charge in [-0.3, -0.25) is 4.79 Å². The van der Waals surface area contributed by atoms with Crippen LogP contribution in [-0.4, -0.2) is 55.3 Å². The van der Waals surface area contributed by atoms with E-state index in [0.717, 1.165) is 11.5 Å². The predicted octanol–water partition coefficient (Wildman–Crippen LogP) is 2.01. The molecule has 0 atom stereocenters. The number of hydrogen-bond acceptors (Lipinski definition) is 5. The summed E-state index contributed by atoms with van der Waals surface area (Å²) in [6.07, 6.45) is 1.36. The molecule has 2 heterocycles. The second-order valence-corrected chi connectivity index (χ2v) is 8.61. The summed E-state index contributed by atoms with van der Waals surface area (Å²) >= 11 is 1.74. The second kappa shape index (κ2) is 7.51. The van der Waals surface area contributed by atoms with Gasteiger partial charge in [0.25, 0.3) is 5.91 Å². The van der Waals surface area contributed by atoms with Crippen molar-refractivity contribution in [2.45, 2.75) is 4.90 Å². The average molecular weight is 381 g/mol. The fraction of sp³-hybridized carbons (Fsp3) is 0.312. The number of ether oxygens (including phenoxy) is 1. The Balaban J connectivity index is 1.75. The fourth-order valence-corrected chi connectivity index (χ4v) is 5.06. The molecule has 3 rings (SSSR count). The Kier molecular flexibility index (Phi) is 5.36. The van der Waals surface area contributed by atoms with Crippen LogP contribution in [-0.2, 0) is 10.0 Å². The van der Waals surface area contributed by atoms with Gasteiger partial charge >= 0.3 is 0 Å². The summed E-state index contributed by atoms with van der Waals surface area (Å²) < 4.78 is 31.8. The molecule has 1 aromatic carbocycles. The smallest absolute Gasteiger partial charge is 0.272 e. The molecule has 0 bridgehead atoms. The van der Waals surface area contributed by atoms with E-state index in [0.29, 0.717) is 24.5 Å². The van der Waals surface area contributed by atoms with E-state index in [-0.39, 0.29) is 10.6 Å². The quantitative estimate of drug-likeness (QED) is 0.827. The minimum atomic E-state index is -3.57. The number of amides is 1. The van der Waals surface area contributed by atoms with Crippen LogP contribution >= 0.6 is 11.8 Å². The van der Waals surface area contributed by atoms with E-state index in [4.69, 9.17) is 4.74 Å². The Labute approximate surface area is 150 Å². The van der Waals surface area contributed by atoms with Gasteiger partial charge in [0.1, 0.15) is 16.3 Å². The summed E-state index contributed by atoms with van der Waals surface area (Å²) in [6, 6.07) is 8.31. The topological polar surface area (TPSA) is 91.5 Å². The number of rotatable bonds is 5. The van der Waals surface area contributed by atoms with Gasteiger partial charge in [0.15, 0.2) is 0 Å².